The molecule has 4 nitrogen and oxygen atoms in total. The summed E-state index contributed by atoms with van der Waals surface area (Å²) in [5.41, 5.74) is 1.80. The van der Waals surface area contributed by atoms with E-state index >= 15 is 0 Å². The van der Waals surface area contributed by atoms with E-state index in [9.17, 15) is 9.00 Å². The molecule has 1 aromatic carbocycles. The van der Waals surface area contributed by atoms with Crippen LogP contribution in [0.4, 0.5) is 0 Å². The van der Waals surface area contributed by atoms with Gasteiger partial charge in [-0.05, 0) is 48.7 Å². The van der Waals surface area contributed by atoms with Gasteiger partial charge in [-0.2, -0.15) is 0 Å². The second-order valence-corrected chi connectivity index (χ2v) is 6.25. The van der Waals surface area contributed by atoms with E-state index in [1.54, 1.807) is 18.5 Å². The van der Waals surface area contributed by atoms with Gasteiger partial charge in [0.05, 0.1) is 12.0 Å². The monoisotopic (exact) mass is 303 g/mol. The average Bonchev–Trinajstić information content (AvgIpc) is 2.34. The molecular weight excluding hydrogens is 286 g/mol. The van der Waals surface area contributed by atoms with Crippen molar-refractivity contribution in [3.05, 3.63) is 23.3 Å². The molecule has 0 aliphatic rings. The molecule has 1 atom stereocenters. The van der Waals surface area contributed by atoms with Crippen LogP contribution >= 0.6 is 11.6 Å². The lowest BCUT2D eigenvalue weighted by atomic mass is 10.1. The highest BCUT2D eigenvalue weighted by atomic mass is 35.5. The van der Waals surface area contributed by atoms with Crippen molar-refractivity contribution in [3.8, 4) is 5.75 Å². The van der Waals surface area contributed by atoms with Crippen molar-refractivity contribution in [2.24, 2.45) is 0 Å². The van der Waals surface area contributed by atoms with Gasteiger partial charge in [-0.25, -0.2) is 8.51 Å². The van der Waals surface area contributed by atoms with E-state index < -0.39 is 16.2 Å². The van der Waals surface area contributed by atoms with Gasteiger partial charge in [-0.3, -0.25) is 4.79 Å². The van der Waals surface area contributed by atoms with Crippen LogP contribution in [0.3, 0.4) is 0 Å². The fourth-order valence-electron chi connectivity index (χ4n) is 1.79. The maximum absolute atomic E-state index is 12.4. The lowest BCUT2D eigenvalue weighted by Gasteiger charge is -2.18. The third kappa shape index (κ3) is 4.30. The lowest BCUT2D eigenvalue weighted by molar-refractivity contribution is -0.111. The summed E-state index contributed by atoms with van der Waals surface area (Å²) in [5.74, 6) is 0.745. The summed E-state index contributed by atoms with van der Waals surface area (Å²) in [6.07, 6.45) is 0.179. The fraction of sp³-hybridized carbons (Fsp3) is 0.462. The second-order valence-electron chi connectivity index (χ2n) is 4.30. The number of rotatable bonds is 6. The number of nitrogens with zero attached hydrogens (tertiary/aromatic N) is 1. The van der Waals surface area contributed by atoms with Crippen LogP contribution in [0.25, 0.3) is 0 Å². The molecule has 106 valence electrons. The van der Waals surface area contributed by atoms with Gasteiger partial charge in [-0.15, -0.1) is 0 Å². The maximum Gasteiger partial charge on any atom is 0.222 e. The highest BCUT2D eigenvalue weighted by Gasteiger charge is 2.17. The number of carbonyl (C=O) groups excluding carboxylic acids is 1. The lowest BCUT2D eigenvalue weighted by Crippen LogP contribution is -2.24. The van der Waals surface area contributed by atoms with Crippen molar-refractivity contribution in [1.29, 1.82) is 0 Å². The molecule has 0 saturated heterocycles. The molecule has 0 N–H and O–H groups in total. The number of benzene rings is 1. The van der Waals surface area contributed by atoms with Gasteiger partial charge >= 0.3 is 0 Å². The van der Waals surface area contributed by atoms with Crippen molar-refractivity contribution < 1.29 is 13.7 Å². The molecule has 0 aliphatic heterocycles. The normalized spacial score (nSPS) is 12.5. The van der Waals surface area contributed by atoms with Gasteiger partial charge in [0.15, 0.2) is 0 Å². The summed E-state index contributed by atoms with van der Waals surface area (Å²) in [5, 5.41) is -0.424. The Morgan fingerprint density at radius 2 is 1.89 bits per heavy atom. The summed E-state index contributed by atoms with van der Waals surface area (Å²) in [7, 11) is 2.00. The van der Waals surface area contributed by atoms with E-state index in [-0.39, 0.29) is 6.42 Å². The summed E-state index contributed by atoms with van der Waals surface area (Å²) in [4.78, 5) is 11.5. The molecule has 0 aromatic heterocycles. The van der Waals surface area contributed by atoms with Crippen molar-refractivity contribution in [3.63, 3.8) is 0 Å². The second kappa shape index (κ2) is 7.03. The smallest absolute Gasteiger partial charge is 0.222 e. The minimum Gasteiger partial charge on any atom is -0.497 e. The van der Waals surface area contributed by atoms with Gasteiger partial charge in [-0.1, -0.05) is 0 Å². The molecule has 0 amide bonds. The zero-order valence-electron chi connectivity index (χ0n) is 11.5. The Morgan fingerprint density at radius 3 is 2.32 bits per heavy atom. The Labute approximate surface area is 121 Å². The minimum atomic E-state index is -1.31. The van der Waals surface area contributed by atoms with Crippen LogP contribution in [-0.4, -0.2) is 34.5 Å². The van der Waals surface area contributed by atoms with Crippen LogP contribution in [0.5, 0.6) is 5.75 Å². The van der Waals surface area contributed by atoms with E-state index in [0.717, 1.165) is 21.8 Å². The molecule has 1 unspecified atom stereocenters. The molecule has 6 heteroatoms. The molecular formula is C13H18ClNO3S. The van der Waals surface area contributed by atoms with Gasteiger partial charge < -0.3 is 4.74 Å². The first-order chi connectivity index (χ1) is 8.86. The molecule has 0 radical (unpaired) electrons. The fourth-order valence-corrected chi connectivity index (χ4v) is 3.11. The van der Waals surface area contributed by atoms with Crippen LogP contribution in [0.15, 0.2) is 17.0 Å². The molecule has 0 fully saturated rings. The number of ether oxygens (including phenoxy) is 1. The minimum absolute atomic E-state index is 0.179. The zero-order chi connectivity index (χ0) is 14.6. The Morgan fingerprint density at radius 1 is 1.37 bits per heavy atom. The van der Waals surface area contributed by atoms with Crippen molar-refractivity contribution >= 4 is 27.8 Å². The van der Waals surface area contributed by atoms with Crippen LogP contribution in [0, 0.1) is 13.8 Å². The van der Waals surface area contributed by atoms with E-state index in [1.165, 1.54) is 0 Å². The topological polar surface area (TPSA) is 46.6 Å². The Hall–Kier alpha value is -0.910. The predicted molar refractivity (Wildman–Crippen MR) is 77.0 cm³/mol. The van der Waals surface area contributed by atoms with E-state index in [1.807, 2.05) is 26.0 Å². The molecule has 19 heavy (non-hydrogen) atoms. The molecule has 0 bridgehead atoms. The third-order valence-electron chi connectivity index (χ3n) is 2.75. The molecule has 1 rings (SSSR count). The third-order valence-corrected chi connectivity index (χ3v) is 4.68. The van der Waals surface area contributed by atoms with Crippen LogP contribution in [0.2, 0.25) is 0 Å². The highest BCUT2D eigenvalue weighted by molar-refractivity contribution is 7.82. The number of hydrogen-bond donors (Lipinski definition) is 0. The van der Waals surface area contributed by atoms with Crippen LogP contribution < -0.4 is 4.74 Å². The molecule has 0 saturated carbocycles. The van der Waals surface area contributed by atoms with Crippen molar-refractivity contribution in [2.75, 3.05) is 20.7 Å². The standard InChI is InChI=1S/C13H18ClNO3S/c1-9-7-11(18-4)8-10(2)13(9)19(17)15(3)6-5-12(14)16/h7-8H,5-6H2,1-4H3. The Balaban J connectivity index is 2.96. The molecule has 0 spiro atoms. The first-order valence-electron chi connectivity index (χ1n) is 5.83. The van der Waals surface area contributed by atoms with Gasteiger partial charge in [0.2, 0.25) is 5.24 Å². The van der Waals surface area contributed by atoms with Gasteiger partial charge in [0, 0.05) is 20.0 Å². The molecule has 1 aromatic rings. The Kier molecular flexibility index (Phi) is 5.97. The number of aryl methyl sites for hydroxylation is 2. The van der Waals surface area contributed by atoms with Crippen LogP contribution in [-0.2, 0) is 15.8 Å². The number of halogens is 1. The average molecular weight is 304 g/mol. The zero-order valence-corrected chi connectivity index (χ0v) is 13.1. The quantitative estimate of drug-likeness (QED) is 0.758. The molecule has 0 heterocycles. The summed E-state index contributed by atoms with van der Waals surface area (Å²) in [6, 6.07) is 3.70. The van der Waals surface area contributed by atoms with E-state index in [4.69, 9.17) is 16.3 Å². The number of hydrogen-bond acceptors (Lipinski definition) is 3. The highest BCUT2D eigenvalue weighted by Crippen LogP contribution is 2.25. The largest absolute Gasteiger partial charge is 0.497 e. The summed E-state index contributed by atoms with van der Waals surface area (Å²) < 4.78 is 19.2. The van der Waals surface area contributed by atoms with Gasteiger partial charge in [0.1, 0.15) is 16.7 Å². The summed E-state index contributed by atoms with van der Waals surface area (Å²) in [6.45, 7) is 4.15. The van der Waals surface area contributed by atoms with E-state index in [0.29, 0.717) is 6.54 Å². The first kappa shape index (κ1) is 16.1. The SMILES string of the molecule is COc1cc(C)c(S(=O)N(C)CCC(=O)Cl)c(C)c1. The number of methoxy groups -OCH3 is 1. The van der Waals surface area contributed by atoms with Crippen molar-refractivity contribution in [1.82, 2.24) is 4.31 Å². The summed E-state index contributed by atoms with van der Waals surface area (Å²) >= 11 is 5.29. The number of carbonyl (C=O) groups is 1. The first-order valence-corrected chi connectivity index (χ1v) is 7.32. The Bertz CT molecular complexity index is 482. The van der Waals surface area contributed by atoms with E-state index in [2.05, 4.69) is 0 Å². The van der Waals surface area contributed by atoms with Crippen molar-refractivity contribution in [2.45, 2.75) is 25.2 Å². The van der Waals surface area contributed by atoms with Crippen LogP contribution in [0.1, 0.15) is 17.5 Å². The predicted octanol–water partition coefficient (Wildman–Crippen LogP) is 2.42. The molecule has 0 aliphatic carbocycles. The van der Waals surface area contributed by atoms with Gasteiger partial charge in [0.25, 0.3) is 0 Å². The maximum atomic E-state index is 12.4.